The third kappa shape index (κ3) is 3.15. The van der Waals surface area contributed by atoms with Gasteiger partial charge in [-0.15, -0.1) is 0 Å². The number of halogens is 1. The highest BCUT2D eigenvalue weighted by atomic mass is 35.5. The first-order chi connectivity index (χ1) is 11.0. The normalized spacial score (nSPS) is 19.2. The second-order valence-corrected chi connectivity index (χ2v) is 7.08. The number of aromatic nitrogens is 1. The molecule has 0 aliphatic carbocycles. The summed E-state index contributed by atoms with van der Waals surface area (Å²) >= 11 is 6.40. The molecule has 1 amide bonds. The predicted molar refractivity (Wildman–Crippen MR) is 92.7 cm³/mol. The van der Waals surface area contributed by atoms with Gasteiger partial charge in [0.05, 0.1) is 10.7 Å². The molecule has 5 nitrogen and oxygen atoms in total. The van der Waals surface area contributed by atoms with Gasteiger partial charge in [-0.1, -0.05) is 25.4 Å². The van der Waals surface area contributed by atoms with Crippen molar-refractivity contribution in [2.45, 2.75) is 26.2 Å². The highest BCUT2D eigenvalue weighted by molar-refractivity contribution is 6.31. The van der Waals surface area contributed by atoms with Crippen molar-refractivity contribution >= 4 is 23.3 Å². The number of nitrogens with zero attached hydrogens (tertiary/aromatic N) is 2. The molecule has 1 atom stereocenters. The summed E-state index contributed by atoms with van der Waals surface area (Å²) in [5.74, 6) is 1.53. The highest BCUT2D eigenvalue weighted by Gasteiger charge is 2.29. The zero-order valence-electron chi connectivity index (χ0n) is 13.8. The SMILES string of the molecule is CC(C)CN(C)C(=O)C1=CC(c2c(Cl)cnc3c2CCN3)CN1. The minimum absolute atomic E-state index is 0.0427. The Labute approximate surface area is 142 Å². The summed E-state index contributed by atoms with van der Waals surface area (Å²) in [5.41, 5.74) is 2.96. The van der Waals surface area contributed by atoms with Crippen LogP contribution in [0.4, 0.5) is 5.82 Å². The third-order valence-corrected chi connectivity index (χ3v) is 4.61. The molecule has 1 aromatic rings. The van der Waals surface area contributed by atoms with Crippen molar-refractivity contribution in [3.63, 3.8) is 0 Å². The van der Waals surface area contributed by atoms with E-state index in [2.05, 4.69) is 29.5 Å². The Morgan fingerprint density at radius 3 is 3.00 bits per heavy atom. The summed E-state index contributed by atoms with van der Waals surface area (Å²) in [6.45, 7) is 6.55. The Bertz CT molecular complexity index is 656. The standard InChI is InChI=1S/C17H23ClN4O/c1-10(2)9-22(3)17(23)14-6-11(7-20-14)15-12-4-5-19-16(12)21-8-13(15)18/h6,8,10-11,20H,4-5,7,9H2,1-3H3,(H,19,21). The van der Waals surface area contributed by atoms with Crippen molar-refractivity contribution in [1.29, 1.82) is 0 Å². The van der Waals surface area contributed by atoms with E-state index in [1.54, 1.807) is 11.1 Å². The largest absolute Gasteiger partial charge is 0.380 e. The zero-order chi connectivity index (χ0) is 16.6. The van der Waals surface area contributed by atoms with E-state index in [0.29, 0.717) is 23.2 Å². The van der Waals surface area contributed by atoms with Gasteiger partial charge in [-0.2, -0.15) is 0 Å². The van der Waals surface area contributed by atoms with Gasteiger partial charge in [-0.25, -0.2) is 4.98 Å². The fraction of sp³-hybridized carbons (Fsp3) is 0.529. The molecule has 0 bridgehead atoms. The van der Waals surface area contributed by atoms with Crippen molar-refractivity contribution in [2.75, 3.05) is 32.0 Å². The van der Waals surface area contributed by atoms with E-state index in [9.17, 15) is 4.79 Å². The number of hydrogen-bond donors (Lipinski definition) is 2. The zero-order valence-corrected chi connectivity index (χ0v) is 14.6. The lowest BCUT2D eigenvalue weighted by Crippen LogP contribution is -2.34. The summed E-state index contributed by atoms with van der Waals surface area (Å²) in [6, 6.07) is 0. The van der Waals surface area contributed by atoms with Gasteiger partial charge in [0.2, 0.25) is 0 Å². The third-order valence-electron chi connectivity index (χ3n) is 4.31. The molecule has 2 aliphatic heterocycles. The number of amides is 1. The van der Waals surface area contributed by atoms with Crippen LogP contribution in [-0.2, 0) is 11.2 Å². The van der Waals surface area contributed by atoms with Crippen LogP contribution in [0.1, 0.15) is 30.9 Å². The number of pyridine rings is 1. The van der Waals surface area contributed by atoms with Gasteiger partial charge in [-0.3, -0.25) is 4.79 Å². The first-order valence-corrected chi connectivity index (χ1v) is 8.47. The van der Waals surface area contributed by atoms with Crippen LogP contribution in [-0.4, -0.2) is 42.5 Å². The van der Waals surface area contributed by atoms with Gasteiger partial charge in [0.25, 0.3) is 5.91 Å². The molecule has 6 heteroatoms. The molecule has 23 heavy (non-hydrogen) atoms. The molecular formula is C17H23ClN4O. The number of carbonyl (C=O) groups excluding carboxylic acids is 1. The number of anilines is 1. The summed E-state index contributed by atoms with van der Waals surface area (Å²) in [5, 5.41) is 7.21. The van der Waals surface area contributed by atoms with Gasteiger partial charge < -0.3 is 15.5 Å². The molecule has 2 aliphatic rings. The van der Waals surface area contributed by atoms with Gasteiger partial charge in [0, 0.05) is 44.4 Å². The van der Waals surface area contributed by atoms with Gasteiger partial charge in [0.1, 0.15) is 5.82 Å². The average molecular weight is 335 g/mol. The second-order valence-electron chi connectivity index (χ2n) is 6.67. The lowest BCUT2D eigenvalue weighted by molar-refractivity contribution is -0.126. The Kier molecular flexibility index (Phi) is 4.48. The molecule has 0 radical (unpaired) electrons. The van der Waals surface area contributed by atoms with E-state index in [1.165, 1.54) is 5.56 Å². The topological polar surface area (TPSA) is 57.3 Å². The van der Waals surface area contributed by atoms with Crippen LogP contribution in [0, 0.1) is 5.92 Å². The van der Waals surface area contributed by atoms with Crippen LogP contribution in [0.5, 0.6) is 0 Å². The van der Waals surface area contributed by atoms with Crippen molar-refractivity contribution in [1.82, 2.24) is 15.2 Å². The summed E-state index contributed by atoms with van der Waals surface area (Å²) in [6.07, 6.45) is 4.64. The molecular weight excluding hydrogens is 312 g/mol. The number of nitrogens with one attached hydrogen (secondary N) is 2. The second kappa shape index (κ2) is 6.40. The quantitative estimate of drug-likeness (QED) is 0.887. The van der Waals surface area contributed by atoms with Gasteiger partial charge in [-0.05, 0) is 24.0 Å². The smallest absolute Gasteiger partial charge is 0.269 e. The maximum absolute atomic E-state index is 12.5. The summed E-state index contributed by atoms with van der Waals surface area (Å²) in [7, 11) is 1.85. The first-order valence-electron chi connectivity index (χ1n) is 8.09. The molecule has 0 spiro atoms. The van der Waals surface area contributed by atoms with Crippen molar-refractivity contribution in [3.8, 4) is 0 Å². The lowest BCUT2D eigenvalue weighted by Gasteiger charge is -2.19. The maximum Gasteiger partial charge on any atom is 0.269 e. The van der Waals surface area contributed by atoms with E-state index < -0.39 is 0 Å². The minimum Gasteiger partial charge on any atom is -0.380 e. The van der Waals surface area contributed by atoms with E-state index in [-0.39, 0.29) is 11.8 Å². The van der Waals surface area contributed by atoms with Crippen molar-refractivity contribution in [3.05, 3.63) is 34.1 Å². The molecule has 1 unspecified atom stereocenters. The predicted octanol–water partition coefficient (Wildman–Crippen LogP) is 2.39. The maximum atomic E-state index is 12.5. The minimum atomic E-state index is 0.0427. The van der Waals surface area contributed by atoms with E-state index >= 15 is 0 Å². The van der Waals surface area contributed by atoms with Crippen LogP contribution in [0.15, 0.2) is 18.0 Å². The Balaban J connectivity index is 1.83. The Morgan fingerprint density at radius 1 is 1.48 bits per heavy atom. The molecule has 0 saturated heterocycles. The molecule has 2 N–H and O–H groups in total. The van der Waals surface area contributed by atoms with E-state index in [1.807, 2.05) is 13.1 Å². The van der Waals surface area contributed by atoms with E-state index in [4.69, 9.17) is 11.6 Å². The average Bonchev–Trinajstić information content (AvgIpc) is 3.14. The van der Waals surface area contributed by atoms with Crippen LogP contribution in [0.25, 0.3) is 0 Å². The molecule has 0 saturated carbocycles. The Morgan fingerprint density at radius 2 is 2.26 bits per heavy atom. The van der Waals surface area contributed by atoms with Crippen LogP contribution in [0.3, 0.4) is 0 Å². The number of fused-ring (bicyclic) bond motifs is 1. The first kappa shape index (κ1) is 16.1. The van der Waals surface area contributed by atoms with Gasteiger partial charge >= 0.3 is 0 Å². The molecule has 124 valence electrons. The van der Waals surface area contributed by atoms with Crippen LogP contribution < -0.4 is 10.6 Å². The van der Waals surface area contributed by atoms with Crippen LogP contribution >= 0.6 is 11.6 Å². The van der Waals surface area contributed by atoms with Crippen LogP contribution in [0.2, 0.25) is 5.02 Å². The number of hydrogen-bond acceptors (Lipinski definition) is 4. The lowest BCUT2D eigenvalue weighted by atomic mass is 9.95. The Hall–Kier alpha value is -1.75. The van der Waals surface area contributed by atoms with Gasteiger partial charge in [0.15, 0.2) is 0 Å². The fourth-order valence-electron chi connectivity index (χ4n) is 3.36. The molecule has 1 aromatic heterocycles. The highest BCUT2D eigenvalue weighted by Crippen LogP contribution is 2.36. The molecule has 0 fully saturated rings. The molecule has 3 rings (SSSR count). The van der Waals surface area contributed by atoms with Crippen molar-refractivity contribution in [2.24, 2.45) is 5.92 Å². The van der Waals surface area contributed by atoms with E-state index in [0.717, 1.165) is 30.9 Å². The number of rotatable bonds is 4. The van der Waals surface area contributed by atoms with Crippen molar-refractivity contribution < 1.29 is 4.79 Å². The summed E-state index contributed by atoms with van der Waals surface area (Å²) < 4.78 is 0. The molecule has 3 heterocycles. The number of likely N-dealkylation sites (N-methyl/N-ethyl adjacent to an activating group) is 1. The summed E-state index contributed by atoms with van der Waals surface area (Å²) in [4.78, 5) is 18.6. The number of carbonyl (C=O) groups is 1. The monoisotopic (exact) mass is 334 g/mol. The molecule has 0 aromatic carbocycles. The fourth-order valence-corrected chi connectivity index (χ4v) is 3.66.